The van der Waals surface area contributed by atoms with Crippen LogP contribution in [0.4, 0.5) is 0 Å². The lowest BCUT2D eigenvalue weighted by Gasteiger charge is -1.96. The van der Waals surface area contributed by atoms with Gasteiger partial charge in [-0.2, -0.15) is 0 Å². The SMILES string of the molecule is CC[C](O)PC. The van der Waals surface area contributed by atoms with E-state index in [9.17, 15) is 0 Å². The molecule has 0 aromatic rings. The Morgan fingerprint density at radius 3 is 2.33 bits per heavy atom. The topological polar surface area (TPSA) is 20.2 Å². The maximum absolute atomic E-state index is 8.60. The molecule has 37 valence electrons. The van der Waals surface area contributed by atoms with Crippen LogP contribution in [-0.2, 0) is 0 Å². The molecule has 1 N–H and O–H groups in total. The van der Waals surface area contributed by atoms with Gasteiger partial charge in [-0.15, -0.1) is 0 Å². The van der Waals surface area contributed by atoms with Crippen LogP contribution in [0.1, 0.15) is 13.3 Å². The fourth-order valence-corrected chi connectivity index (χ4v) is 0.530. The second-order valence-corrected chi connectivity index (χ2v) is 2.13. The van der Waals surface area contributed by atoms with Gasteiger partial charge in [-0.1, -0.05) is 15.5 Å². The molecule has 0 heterocycles. The molecule has 0 aliphatic carbocycles. The third kappa shape index (κ3) is 2.62. The molecule has 0 bridgehead atoms. The van der Waals surface area contributed by atoms with Gasteiger partial charge in [-0.05, 0) is 13.1 Å². The van der Waals surface area contributed by atoms with Gasteiger partial charge < -0.3 is 5.11 Å². The Morgan fingerprint density at radius 1 is 1.83 bits per heavy atom. The molecule has 0 aliphatic heterocycles. The molecule has 0 rings (SSSR count). The van der Waals surface area contributed by atoms with Crippen LogP contribution in [0.2, 0.25) is 0 Å². The number of hydrogen-bond donors (Lipinski definition) is 1. The van der Waals surface area contributed by atoms with Crippen molar-refractivity contribution in [3.05, 3.63) is 5.85 Å². The van der Waals surface area contributed by atoms with Crippen molar-refractivity contribution < 1.29 is 5.11 Å². The molecule has 0 spiro atoms. The second kappa shape index (κ2) is 3.58. The maximum atomic E-state index is 8.60. The molecule has 1 nitrogen and oxygen atoms in total. The summed E-state index contributed by atoms with van der Waals surface area (Å²) in [6, 6.07) is 0. The predicted octanol–water partition coefficient (Wildman–Crippen LogP) is 1.57. The van der Waals surface area contributed by atoms with Crippen LogP contribution in [0.15, 0.2) is 0 Å². The van der Waals surface area contributed by atoms with Crippen LogP contribution in [0.3, 0.4) is 0 Å². The highest BCUT2D eigenvalue weighted by molar-refractivity contribution is 7.40. The third-order valence-electron chi connectivity index (χ3n) is 0.623. The maximum Gasteiger partial charge on any atom is 0.112 e. The average molecular weight is 105 g/mol. The summed E-state index contributed by atoms with van der Waals surface area (Å²) in [6.07, 6.45) is 0.814. The van der Waals surface area contributed by atoms with Gasteiger partial charge in [-0.3, -0.25) is 0 Å². The van der Waals surface area contributed by atoms with Crippen molar-refractivity contribution in [3.63, 3.8) is 0 Å². The molecule has 1 atom stereocenters. The highest BCUT2D eigenvalue weighted by Crippen LogP contribution is 2.20. The molecule has 0 saturated carbocycles. The summed E-state index contributed by atoms with van der Waals surface area (Å²) in [5, 5.41) is 8.60. The molecule has 0 amide bonds. The quantitative estimate of drug-likeness (QED) is 0.528. The van der Waals surface area contributed by atoms with E-state index in [2.05, 4.69) is 0 Å². The van der Waals surface area contributed by atoms with Gasteiger partial charge in [0, 0.05) is 0 Å². The Labute approximate surface area is 40.5 Å². The molecule has 0 saturated heterocycles. The van der Waals surface area contributed by atoms with Crippen molar-refractivity contribution in [2.24, 2.45) is 0 Å². The fourth-order valence-electron chi connectivity index (χ4n) is 0.177. The van der Waals surface area contributed by atoms with Gasteiger partial charge >= 0.3 is 0 Å². The Bertz CT molecular complexity index is 26.7. The highest BCUT2D eigenvalue weighted by atomic mass is 31.1. The first kappa shape index (κ1) is 6.39. The van der Waals surface area contributed by atoms with Crippen LogP contribution in [-0.4, -0.2) is 11.8 Å². The van der Waals surface area contributed by atoms with Gasteiger partial charge in [0.25, 0.3) is 0 Å². The van der Waals surface area contributed by atoms with E-state index in [0.717, 1.165) is 6.42 Å². The number of rotatable bonds is 2. The Hall–Kier alpha value is 0.390. The van der Waals surface area contributed by atoms with Crippen molar-refractivity contribution in [1.29, 1.82) is 0 Å². The van der Waals surface area contributed by atoms with Crippen molar-refractivity contribution in [3.8, 4) is 0 Å². The third-order valence-corrected chi connectivity index (χ3v) is 1.55. The van der Waals surface area contributed by atoms with Crippen LogP contribution in [0, 0.1) is 5.85 Å². The summed E-state index contributed by atoms with van der Waals surface area (Å²) in [7, 11) is 0.604. The summed E-state index contributed by atoms with van der Waals surface area (Å²) in [5.41, 5.74) is 0. The van der Waals surface area contributed by atoms with Crippen LogP contribution < -0.4 is 0 Å². The normalized spacial score (nSPS) is 12.0. The van der Waals surface area contributed by atoms with Gasteiger partial charge in [0.05, 0.1) is 0 Å². The van der Waals surface area contributed by atoms with Crippen LogP contribution in [0.5, 0.6) is 0 Å². The minimum atomic E-state index is 0.604. The summed E-state index contributed by atoms with van der Waals surface area (Å²) in [4.78, 5) is 0. The van der Waals surface area contributed by atoms with E-state index < -0.39 is 0 Å². The summed E-state index contributed by atoms with van der Waals surface area (Å²) in [6.45, 7) is 3.92. The van der Waals surface area contributed by atoms with E-state index in [0.29, 0.717) is 14.4 Å². The standard InChI is InChI=1S/C4H10OP/c1-3-4(5)6-2/h5-6H,3H2,1-2H3. The van der Waals surface area contributed by atoms with Crippen molar-refractivity contribution in [1.82, 2.24) is 0 Å². The number of aliphatic hydroxyl groups excluding tert-OH is 1. The molecular formula is C4H10OP. The van der Waals surface area contributed by atoms with E-state index in [1.54, 1.807) is 0 Å². The predicted molar refractivity (Wildman–Crippen MR) is 29.7 cm³/mol. The monoisotopic (exact) mass is 105 g/mol. The lowest BCUT2D eigenvalue weighted by atomic mass is 10.5. The molecule has 0 fully saturated rings. The Morgan fingerprint density at radius 2 is 2.33 bits per heavy atom. The van der Waals surface area contributed by atoms with Crippen LogP contribution in [0.25, 0.3) is 0 Å². The van der Waals surface area contributed by atoms with Crippen LogP contribution >= 0.6 is 8.58 Å². The Kier molecular flexibility index (Phi) is 3.81. The lowest BCUT2D eigenvalue weighted by molar-refractivity contribution is 0.355. The molecule has 0 aliphatic rings. The van der Waals surface area contributed by atoms with Gasteiger partial charge in [0.1, 0.15) is 5.85 Å². The fraction of sp³-hybridized carbons (Fsp3) is 0.750. The average Bonchev–Trinajstić information content (AvgIpc) is 1.65. The zero-order chi connectivity index (χ0) is 4.99. The highest BCUT2D eigenvalue weighted by Gasteiger charge is 1.92. The Balaban J connectivity index is 2.75. The van der Waals surface area contributed by atoms with Crippen molar-refractivity contribution in [2.45, 2.75) is 13.3 Å². The van der Waals surface area contributed by atoms with E-state index in [-0.39, 0.29) is 0 Å². The summed E-state index contributed by atoms with van der Waals surface area (Å²) in [5.74, 6) is 0.620. The smallest absolute Gasteiger partial charge is 0.112 e. The van der Waals surface area contributed by atoms with E-state index in [1.807, 2.05) is 13.6 Å². The van der Waals surface area contributed by atoms with Crippen molar-refractivity contribution in [2.75, 3.05) is 6.66 Å². The molecule has 1 radical (unpaired) electrons. The van der Waals surface area contributed by atoms with E-state index in [1.165, 1.54) is 0 Å². The zero-order valence-corrected chi connectivity index (χ0v) is 5.15. The van der Waals surface area contributed by atoms with Gasteiger partial charge in [-0.25, -0.2) is 0 Å². The molecule has 0 aromatic carbocycles. The largest absolute Gasteiger partial charge is 0.382 e. The molecule has 0 aromatic heterocycles. The van der Waals surface area contributed by atoms with Gasteiger partial charge in [0.15, 0.2) is 0 Å². The zero-order valence-electron chi connectivity index (χ0n) is 4.15. The van der Waals surface area contributed by atoms with E-state index in [4.69, 9.17) is 5.11 Å². The molecular weight excluding hydrogens is 95.0 g/mol. The minimum Gasteiger partial charge on any atom is -0.382 e. The van der Waals surface area contributed by atoms with E-state index >= 15 is 0 Å². The lowest BCUT2D eigenvalue weighted by Crippen LogP contribution is -1.79. The first-order valence-electron chi connectivity index (χ1n) is 2.03. The summed E-state index contributed by atoms with van der Waals surface area (Å²) < 4.78 is 0. The number of hydrogen-bond acceptors (Lipinski definition) is 1. The first-order chi connectivity index (χ1) is 2.81. The summed E-state index contributed by atoms with van der Waals surface area (Å²) >= 11 is 0. The molecule has 1 unspecified atom stereocenters. The second-order valence-electron chi connectivity index (χ2n) is 1.05. The van der Waals surface area contributed by atoms with Gasteiger partial charge in [0.2, 0.25) is 0 Å². The minimum absolute atomic E-state index is 0.604. The number of aliphatic hydroxyl groups is 1. The van der Waals surface area contributed by atoms with Crippen molar-refractivity contribution >= 4 is 8.58 Å². The molecule has 6 heavy (non-hydrogen) atoms. The molecule has 2 heteroatoms. The first-order valence-corrected chi connectivity index (χ1v) is 3.53.